The fraction of sp³-hybridized carbons (Fsp3) is 0.267. The van der Waals surface area contributed by atoms with Gasteiger partial charge < -0.3 is 15.0 Å². The molecule has 0 fully saturated rings. The smallest absolute Gasteiger partial charge is 0.271 e. The zero-order valence-corrected chi connectivity index (χ0v) is 22.4. The van der Waals surface area contributed by atoms with Crippen molar-refractivity contribution in [3.8, 4) is 16.9 Å². The number of para-hydroxylation sites is 1. The number of H-pyrrole nitrogens is 1. The number of unbranched alkanes of at least 4 members (excludes halogenated alkanes) is 1. The first kappa shape index (κ1) is 25.7. The second-order valence-corrected chi connectivity index (χ2v) is 11.6. The van der Waals surface area contributed by atoms with E-state index in [9.17, 15) is 18.3 Å². The first-order valence-electron chi connectivity index (χ1n) is 12.9. The van der Waals surface area contributed by atoms with Crippen molar-refractivity contribution in [2.24, 2.45) is 0 Å². The molecular weight excluding hydrogens is 498 g/mol. The number of aromatic amines is 1. The molecule has 0 amide bonds. The van der Waals surface area contributed by atoms with Crippen molar-refractivity contribution in [1.29, 1.82) is 0 Å². The summed E-state index contributed by atoms with van der Waals surface area (Å²) in [5.74, 6) is -0.495. The highest BCUT2D eigenvalue weighted by Gasteiger charge is 2.32. The lowest BCUT2D eigenvalue weighted by Crippen LogP contribution is -2.29. The van der Waals surface area contributed by atoms with E-state index in [0.717, 1.165) is 53.6 Å². The molecule has 0 aliphatic carbocycles. The van der Waals surface area contributed by atoms with Gasteiger partial charge in [-0.3, -0.25) is 9.78 Å². The van der Waals surface area contributed by atoms with Crippen molar-refractivity contribution >= 4 is 21.2 Å². The molecule has 0 radical (unpaired) electrons. The predicted octanol–water partition coefficient (Wildman–Crippen LogP) is 5.71. The van der Waals surface area contributed by atoms with Crippen LogP contribution >= 0.6 is 0 Å². The molecule has 0 atom stereocenters. The molecule has 4 aromatic rings. The molecule has 0 unspecified atom stereocenters. The number of benzene rings is 2. The Labute approximate surface area is 222 Å². The van der Waals surface area contributed by atoms with Crippen LogP contribution < -0.4 is 10.5 Å². The van der Waals surface area contributed by atoms with E-state index in [1.165, 1.54) is 12.1 Å². The Morgan fingerprint density at radius 3 is 2.58 bits per heavy atom. The summed E-state index contributed by atoms with van der Waals surface area (Å²) in [5.41, 5.74) is 4.89. The number of nitrogens with zero attached hydrogens (tertiary/aromatic N) is 2. The Balaban J connectivity index is 1.64. The molecule has 5 rings (SSSR count). The van der Waals surface area contributed by atoms with Crippen molar-refractivity contribution in [3.63, 3.8) is 0 Å². The van der Waals surface area contributed by atoms with Gasteiger partial charge in [-0.15, -0.1) is 0 Å². The number of aromatic hydroxyl groups is 1. The number of pyridine rings is 2. The third kappa shape index (κ3) is 4.60. The van der Waals surface area contributed by atoms with Gasteiger partial charge in [-0.05, 0) is 79.1 Å². The number of sulfone groups is 1. The second kappa shape index (κ2) is 10.5. The van der Waals surface area contributed by atoms with Crippen LogP contribution in [0.4, 0.5) is 11.4 Å². The third-order valence-electron chi connectivity index (χ3n) is 7.12. The van der Waals surface area contributed by atoms with Gasteiger partial charge in [0, 0.05) is 30.3 Å². The minimum Gasteiger partial charge on any atom is -0.504 e. The van der Waals surface area contributed by atoms with Crippen LogP contribution in [0.3, 0.4) is 0 Å². The molecule has 1 aliphatic heterocycles. The average Bonchev–Trinajstić information content (AvgIpc) is 2.92. The van der Waals surface area contributed by atoms with E-state index in [-0.39, 0.29) is 4.90 Å². The molecular formula is C30H31N3O4S. The highest BCUT2D eigenvalue weighted by molar-refractivity contribution is 7.91. The Morgan fingerprint density at radius 1 is 1.08 bits per heavy atom. The SMILES string of the molecule is CCCCc1[nH]c(=O)c(S(=O)(=O)c2ccc(-c3ccncc3C)cc2)c(O)c1N1CCCc2ccccc21. The molecule has 0 bridgehead atoms. The van der Waals surface area contributed by atoms with Crippen LogP contribution in [0.2, 0.25) is 0 Å². The van der Waals surface area contributed by atoms with Gasteiger partial charge in [0.25, 0.3) is 5.56 Å². The van der Waals surface area contributed by atoms with Crippen molar-refractivity contribution in [2.75, 3.05) is 11.4 Å². The molecule has 7 nitrogen and oxygen atoms in total. The minimum atomic E-state index is -4.32. The lowest BCUT2D eigenvalue weighted by atomic mass is 10.00. The summed E-state index contributed by atoms with van der Waals surface area (Å²) in [5, 5.41) is 11.5. The number of fused-ring (bicyclic) bond motifs is 1. The number of rotatable bonds is 7. The number of anilines is 2. The van der Waals surface area contributed by atoms with Gasteiger partial charge in [0.15, 0.2) is 10.6 Å². The first-order valence-corrected chi connectivity index (χ1v) is 14.4. The Hall–Kier alpha value is -3.91. The number of hydrogen-bond donors (Lipinski definition) is 2. The van der Waals surface area contributed by atoms with E-state index in [1.807, 2.05) is 49.1 Å². The van der Waals surface area contributed by atoms with Crippen molar-refractivity contribution in [2.45, 2.75) is 55.7 Å². The van der Waals surface area contributed by atoms with E-state index < -0.39 is 26.0 Å². The van der Waals surface area contributed by atoms with Crippen molar-refractivity contribution in [1.82, 2.24) is 9.97 Å². The summed E-state index contributed by atoms with van der Waals surface area (Å²) in [4.78, 5) is 21.4. The molecule has 2 aromatic carbocycles. The predicted molar refractivity (Wildman–Crippen MR) is 149 cm³/mol. The number of aryl methyl sites for hydroxylation is 3. The van der Waals surface area contributed by atoms with Crippen LogP contribution in [0.25, 0.3) is 11.1 Å². The minimum absolute atomic E-state index is 0.0555. The summed E-state index contributed by atoms with van der Waals surface area (Å²) in [6, 6.07) is 16.1. The maximum Gasteiger partial charge on any atom is 0.271 e. The molecule has 0 spiro atoms. The maximum absolute atomic E-state index is 13.8. The van der Waals surface area contributed by atoms with Crippen LogP contribution in [0.5, 0.6) is 5.75 Å². The molecule has 196 valence electrons. The summed E-state index contributed by atoms with van der Waals surface area (Å²) in [6.45, 7) is 4.59. The number of aromatic nitrogens is 2. The second-order valence-electron chi connectivity index (χ2n) is 9.66. The standard InChI is InChI=1S/C30H31N3O4S/c1-3-4-10-25-27(33-18-7-9-22-8-5-6-11-26(22)33)28(34)29(30(35)32-25)38(36,37)23-14-12-21(13-15-23)24-16-17-31-19-20(24)2/h5-6,8,11-17,19H,3-4,7,9-10,18H2,1-2H3,(H2,32,34,35). The van der Waals surface area contributed by atoms with Crippen LogP contribution in [0, 0.1) is 6.92 Å². The lowest BCUT2D eigenvalue weighted by Gasteiger charge is -2.33. The van der Waals surface area contributed by atoms with Crippen LogP contribution in [-0.2, 0) is 22.7 Å². The molecule has 1 aliphatic rings. The first-order chi connectivity index (χ1) is 18.3. The highest BCUT2D eigenvalue weighted by atomic mass is 32.2. The molecule has 2 N–H and O–H groups in total. The third-order valence-corrected chi connectivity index (χ3v) is 8.93. The number of hydrogen-bond acceptors (Lipinski definition) is 6. The van der Waals surface area contributed by atoms with Gasteiger partial charge in [-0.2, -0.15) is 0 Å². The van der Waals surface area contributed by atoms with Crippen LogP contribution in [0.1, 0.15) is 43.0 Å². The van der Waals surface area contributed by atoms with Crippen molar-refractivity contribution in [3.05, 3.63) is 94.2 Å². The van der Waals surface area contributed by atoms with E-state index in [1.54, 1.807) is 24.5 Å². The molecule has 8 heteroatoms. The summed E-state index contributed by atoms with van der Waals surface area (Å²) in [7, 11) is -4.32. The zero-order valence-electron chi connectivity index (χ0n) is 21.6. The Bertz CT molecular complexity index is 1640. The molecule has 2 aromatic heterocycles. The lowest BCUT2D eigenvalue weighted by molar-refractivity contribution is 0.453. The van der Waals surface area contributed by atoms with E-state index >= 15 is 0 Å². The fourth-order valence-electron chi connectivity index (χ4n) is 5.18. The van der Waals surface area contributed by atoms with E-state index in [0.29, 0.717) is 24.3 Å². The molecule has 38 heavy (non-hydrogen) atoms. The Morgan fingerprint density at radius 2 is 1.84 bits per heavy atom. The van der Waals surface area contributed by atoms with Gasteiger partial charge in [-0.1, -0.05) is 43.7 Å². The summed E-state index contributed by atoms with van der Waals surface area (Å²) in [6.07, 6.45) is 7.38. The summed E-state index contributed by atoms with van der Waals surface area (Å²) < 4.78 is 27.6. The van der Waals surface area contributed by atoms with Gasteiger partial charge in [-0.25, -0.2) is 8.42 Å². The molecule has 0 saturated carbocycles. The normalized spacial score (nSPS) is 13.4. The average molecular weight is 530 g/mol. The maximum atomic E-state index is 13.8. The quantitative estimate of drug-likeness (QED) is 0.318. The van der Waals surface area contributed by atoms with Gasteiger partial charge in [0.1, 0.15) is 5.69 Å². The zero-order chi connectivity index (χ0) is 26.9. The number of nitrogens with one attached hydrogen (secondary N) is 1. The van der Waals surface area contributed by atoms with Crippen LogP contribution in [0.15, 0.2) is 81.6 Å². The van der Waals surface area contributed by atoms with Crippen molar-refractivity contribution < 1.29 is 13.5 Å². The molecule has 3 heterocycles. The monoisotopic (exact) mass is 529 g/mol. The highest BCUT2D eigenvalue weighted by Crippen LogP contribution is 2.43. The topological polar surface area (TPSA) is 103 Å². The van der Waals surface area contributed by atoms with Gasteiger partial charge in [0.05, 0.1) is 4.90 Å². The van der Waals surface area contributed by atoms with E-state index in [4.69, 9.17) is 0 Å². The van der Waals surface area contributed by atoms with Crippen LogP contribution in [-0.4, -0.2) is 30.0 Å². The fourth-order valence-corrected chi connectivity index (χ4v) is 6.56. The summed E-state index contributed by atoms with van der Waals surface area (Å²) >= 11 is 0. The largest absolute Gasteiger partial charge is 0.504 e. The van der Waals surface area contributed by atoms with Gasteiger partial charge in [0.2, 0.25) is 9.84 Å². The van der Waals surface area contributed by atoms with Gasteiger partial charge >= 0.3 is 0 Å². The Kier molecular flexibility index (Phi) is 7.08. The van der Waals surface area contributed by atoms with E-state index in [2.05, 4.69) is 9.97 Å². The molecule has 0 saturated heterocycles.